The van der Waals surface area contributed by atoms with Gasteiger partial charge in [0.2, 0.25) is 0 Å². The van der Waals surface area contributed by atoms with Gasteiger partial charge < -0.3 is 20.7 Å². The van der Waals surface area contributed by atoms with Crippen molar-refractivity contribution >= 4 is 56.6 Å². The van der Waals surface area contributed by atoms with Gasteiger partial charge in [-0.3, -0.25) is 9.11 Å². The van der Waals surface area contributed by atoms with Crippen molar-refractivity contribution in [1.29, 1.82) is 0 Å². The van der Waals surface area contributed by atoms with Gasteiger partial charge in [0.05, 0.1) is 12.6 Å². The fourth-order valence-corrected chi connectivity index (χ4v) is 1.87. The van der Waals surface area contributed by atoms with Crippen molar-refractivity contribution in [1.82, 2.24) is 0 Å². The standard InChI is InChI=1S/C6H13NO11S2.Na/c7-3(1-8)6(18-20(14,15)16)5(10)4(9)2-17-19(11,12)13;/h1,3-6,9-10H,2,7H2,(H,11,12,13)(H,14,15,16);. The molecular weight excluding hydrogens is 349 g/mol. The van der Waals surface area contributed by atoms with Gasteiger partial charge in [-0.05, 0) is 0 Å². The predicted molar refractivity (Wildman–Crippen MR) is 65.7 cm³/mol. The fraction of sp³-hybridized carbons (Fsp3) is 0.833. The van der Waals surface area contributed by atoms with Gasteiger partial charge in [-0.25, -0.2) is 8.37 Å². The van der Waals surface area contributed by atoms with E-state index in [0.717, 1.165) is 0 Å². The maximum atomic E-state index is 10.5. The molecule has 0 fully saturated rings. The first-order valence-electron chi connectivity index (χ1n) is 4.72. The van der Waals surface area contributed by atoms with Gasteiger partial charge in [0.1, 0.15) is 24.6 Å². The monoisotopic (exact) mass is 362 g/mol. The summed E-state index contributed by atoms with van der Waals surface area (Å²) in [5.74, 6) is 0. The number of hydrogen-bond acceptors (Lipinski definition) is 10. The van der Waals surface area contributed by atoms with E-state index in [1.807, 2.05) is 0 Å². The Morgan fingerprint density at radius 1 is 1.10 bits per heavy atom. The summed E-state index contributed by atoms with van der Waals surface area (Å²) in [4.78, 5) is 10.4. The molecule has 0 heterocycles. The van der Waals surface area contributed by atoms with Crippen LogP contribution in [0.5, 0.6) is 0 Å². The van der Waals surface area contributed by atoms with Crippen LogP contribution in [0.15, 0.2) is 0 Å². The minimum absolute atomic E-state index is 0. The average Bonchev–Trinajstić information content (AvgIpc) is 2.29. The second kappa shape index (κ2) is 9.43. The Hall–Kier alpha value is 0.290. The molecule has 1 radical (unpaired) electrons. The molecule has 0 spiro atoms. The van der Waals surface area contributed by atoms with Gasteiger partial charge in [0.25, 0.3) is 0 Å². The van der Waals surface area contributed by atoms with Crippen LogP contribution >= 0.6 is 0 Å². The number of aliphatic hydroxyl groups excluding tert-OH is 2. The van der Waals surface area contributed by atoms with E-state index < -0.39 is 51.8 Å². The van der Waals surface area contributed by atoms with Crippen LogP contribution in [0, 0.1) is 0 Å². The normalized spacial score (nSPS) is 18.1. The molecule has 0 saturated heterocycles. The van der Waals surface area contributed by atoms with Crippen LogP contribution in [0.4, 0.5) is 0 Å². The topological polar surface area (TPSA) is 211 Å². The Labute approximate surface area is 142 Å². The molecule has 0 aromatic rings. The van der Waals surface area contributed by atoms with E-state index in [9.17, 15) is 31.8 Å². The molecule has 0 saturated carbocycles. The third kappa shape index (κ3) is 10.6. The Morgan fingerprint density at radius 2 is 1.57 bits per heavy atom. The van der Waals surface area contributed by atoms with Crippen molar-refractivity contribution in [3.63, 3.8) is 0 Å². The largest absolute Gasteiger partial charge is 0.397 e. The first-order chi connectivity index (χ1) is 8.87. The minimum atomic E-state index is -5.12. The molecule has 0 rings (SSSR count). The van der Waals surface area contributed by atoms with Crippen LogP contribution < -0.4 is 5.73 Å². The number of aldehydes is 1. The number of rotatable bonds is 9. The van der Waals surface area contributed by atoms with Crippen molar-refractivity contribution in [3.05, 3.63) is 0 Å². The maximum absolute atomic E-state index is 10.5. The molecule has 0 bridgehead atoms. The SMILES string of the molecule is NC(C=O)C(OS(=O)(=O)O)C(O)C(O)COS(=O)(=O)O.[Na]. The molecule has 12 nitrogen and oxygen atoms in total. The average molecular weight is 362 g/mol. The number of carbonyl (C=O) groups excluding carboxylic acids is 1. The molecule has 0 aliphatic carbocycles. The summed E-state index contributed by atoms with van der Waals surface area (Å²) < 4.78 is 65.8. The van der Waals surface area contributed by atoms with Crippen molar-refractivity contribution < 1.29 is 49.3 Å². The Morgan fingerprint density at radius 3 is 1.90 bits per heavy atom. The summed E-state index contributed by atoms with van der Waals surface area (Å²) in [5.41, 5.74) is 5.10. The molecule has 4 atom stereocenters. The molecule has 0 amide bonds. The second-order valence-electron chi connectivity index (χ2n) is 3.47. The third-order valence-corrected chi connectivity index (χ3v) is 2.79. The molecule has 0 aliphatic heterocycles. The van der Waals surface area contributed by atoms with E-state index in [2.05, 4.69) is 8.37 Å². The molecule has 4 unspecified atom stereocenters. The maximum Gasteiger partial charge on any atom is 0.397 e. The Bertz CT molecular complexity index is 519. The Balaban J connectivity index is 0. The number of aliphatic hydroxyl groups is 2. The van der Waals surface area contributed by atoms with Gasteiger partial charge in [-0.15, -0.1) is 0 Å². The molecule has 15 heteroatoms. The van der Waals surface area contributed by atoms with Gasteiger partial charge in [-0.1, -0.05) is 0 Å². The zero-order chi connectivity index (χ0) is 16.1. The van der Waals surface area contributed by atoms with Crippen molar-refractivity contribution in [2.45, 2.75) is 24.4 Å². The zero-order valence-corrected chi connectivity index (χ0v) is 14.3. The van der Waals surface area contributed by atoms with Crippen molar-refractivity contribution in [2.24, 2.45) is 5.73 Å². The molecular formula is C6H13NNaO11S2. The summed E-state index contributed by atoms with van der Waals surface area (Å²) in [6.45, 7) is -1.18. The first kappa shape index (κ1) is 23.6. The van der Waals surface area contributed by atoms with E-state index in [1.165, 1.54) is 0 Å². The summed E-state index contributed by atoms with van der Waals surface area (Å²) >= 11 is 0. The predicted octanol–water partition coefficient (Wildman–Crippen LogP) is -4.14. The molecule has 121 valence electrons. The molecule has 0 aromatic heterocycles. The van der Waals surface area contributed by atoms with E-state index in [0.29, 0.717) is 0 Å². The summed E-state index contributed by atoms with van der Waals surface area (Å²) in [5, 5.41) is 18.8. The zero-order valence-electron chi connectivity index (χ0n) is 10.6. The van der Waals surface area contributed by atoms with Gasteiger partial charge in [0.15, 0.2) is 0 Å². The number of carbonyl (C=O) groups is 1. The molecule has 6 N–H and O–H groups in total. The fourth-order valence-electron chi connectivity index (χ4n) is 1.04. The molecule has 0 aliphatic rings. The van der Waals surface area contributed by atoms with Gasteiger partial charge >= 0.3 is 20.8 Å². The van der Waals surface area contributed by atoms with Crippen LogP contribution in [0.3, 0.4) is 0 Å². The quantitative estimate of drug-likeness (QED) is 0.150. The Kier molecular flexibility index (Phi) is 10.6. The van der Waals surface area contributed by atoms with Crippen molar-refractivity contribution in [3.8, 4) is 0 Å². The van der Waals surface area contributed by atoms with Gasteiger partial charge in [0, 0.05) is 29.6 Å². The number of nitrogens with two attached hydrogens (primary N) is 1. The van der Waals surface area contributed by atoms with E-state index in [1.54, 1.807) is 0 Å². The van der Waals surface area contributed by atoms with Crippen molar-refractivity contribution in [2.75, 3.05) is 6.61 Å². The van der Waals surface area contributed by atoms with E-state index >= 15 is 0 Å². The minimum Gasteiger partial charge on any atom is -0.388 e. The second-order valence-corrected chi connectivity index (χ2v) is 5.61. The smallest absolute Gasteiger partial charge is 0.388 e. The van der Waals surface area contributed by atoms with Crippen LogP contribution in [0.1, 0.15) is 0 Å². The third-order valence-electron chi connectivity index (χ3n) is 1.89. The van der Waals surface area contributed by atoms with Crippen LogP contribution in [0.2, 0.25) is 0 Å². The summed E-state index contributed by atoms with van der Waals surface area (Å²) in [7, 11) is -10.0. The van der Waals surface area contributed by atoms with Crippen LogP contribution in [-0.4, -0.2) is 103 Å². The van der Waals surface area contributed by atoms with Gasteiger partial charge in [-0.2, -0.15) is 16.8 Å². The van der Waals surface area contributed by atoms with E-state index in [-0.39, 0.29) is 35.8 Å². The first-order valence-corrected chi connectivity index (χ1v) is 7.45. The van der Waals surface area contributed by atoms with E-state index in [4.69, 9.17) is 14.8 Å². The molecule has 0 aromatic carbocycles. The summed E-state index contributed by atoms with van der Waals surface area (Å²) in [6, 6.07) is -1.77. The number of hydrogen-bond donors (Lipinski definition) is 5. The molecule has 21 heavy (non-hydrogen) atoms. The summed E-state index contributed by atoms with van der Waals surface area (Å²) in [6.07, 6.45) is -6.48. The van der Waals surface area contributed by atoms with Crippen LogP contribution in [0.25, 0.3) is 0 Å². The van der Waals surface area contributed by atoms with Crippen LogP contribution in [-0.2, 0) is 34.0 Å².